The monoisotopic (exact) mass is 417 g/mol. The van der Waals surface area contributed by atoms with Crippen molar-refractivity contribution in [1.29, 1.82) is 0 Å². The Morgan fingerprint density at radius 2 is 1.96 bits per heavy atom. The Morgan fingerprint density at radius 1 is 1.18 bits per heavy atom. The van der Waals surface area contributed by atoms with Crippen molar-refractivity contribution in [3.8, 4) is 0 Å². The third-order valence-electron chi connectivity index (χ3n) is 4.46. The lowest BCUT2D eigenvalue weighted by atomic mass is 10.1. The van der Waals surface area contributed by atoms with Crippen LogP contribution in [-0.4, -0.2) is 29.5 Å². The number of aryl methyl sites for hydroxylation is 1. The Kier molecular flexibility index (Phi) is 6.26. The quantitative estimate of drug-likeness (QED) is 0.694. The zero-order valence-electron chi connectivity index (χ0n) is 15.5. The first-order valence-electron chi connectivity index (χ1n) is 8.73. The average molecular weight is 418 g/mol. The number of hydrogen-bond acceptors (Lipinski definition) is 4. The molecule has 0 radical (unpaired) electrons. The second-order valence-electron chi connectivity index (χ2n) is 6.51. The first kappa shape index (κ1) is 20.2. The molecule has 146 valence electrons. The Bertz CT molecular complexity index is 948. The van der Waals surface area contributed by atoms with E-state index in [0.717, 1.165) is 21.7 Å². The van der Waals surface area contributed by atoms with Crippen LogP contribution >= 0.6 is 23.4 Å². The van der Waals surface area contributed by atoms with Gasteiger partial charge >= 0.3 is 0 Å². The van der Waals surface area contributed by atoms with Gasteiger partial charge in [0.2, 0.25) is 17.7 Å². The van der Waals surface area contributed by atoms with Gasteiger partial charge in [0.05, 0.1) is 17.5 Å². The highest BCUT2D eigenvalue weighted by Gasteiger charge is 2.29. The summed E-state index contributed by atoms with van der Waals surface area (Å²) in [5.74, 6) is -0.932. The third kappa shape index (κ3) is 4.85. The van der Waals surface area contributed by atoms with Gasteiger partial charge in [-0.2, -0.15) is 0 Å². The van der Waals surface area contributed by atoms with Gasteiger partial charge in [-0.1, -0.05) is 23.7 Å². The predicted molar refractivity (Wildman–Crippen MR) is 112 cm³/mol. The Hall–Kier alpha value is -2.51. The summed E-state index contributed by atoms with van der Waals surface area (Å²) in [5, 5.41) is 8.09. The Balaban J connectivity index is 1.51. The van der Waals surface area contributed by atoms with Crippen LogP contribution in [-0.2, 0) is 14.4 Å². The number of fused-ring (bicyclic) bond motifs is 1. The highest BCUT2D eigenvalue weighted by Crippen LogP contribution is 2.38. The minimum absolute atomic E-state index is 0.0185. The number of carbonyl (C=O) groups excluding carboxylic acids is 3. The van der Waals surface area contributed by atoms with E-state index in [1.54, 1.807) is 12.1 Å². The van der Waals surface area contributed by atoms with Crippen LogP contribution in [0.15, 0.2) is 41.3 Å². The van der Waals surface area contributed by atoms with E-state index in [0.29, 0.717) is 10.7 Å². The number of anilines is 2. The van der Waals surface area contributed by atoms with Crippen molar-refractivity contribution in [2.75, 3.05) is 17.2 Å². The zero-order valence-corrected chi connectivity index (χ0v) is 17.0. The van der Waals surface area contributed by atoms with Gasteiger partial charge in [-0.25, -0.2) is 0 Å². The summed E-state index contributed by atoms with van der Waals surface area (Å²) in [7, 11) is 0. The highest BCUT2D eigenvalue weighted by atomic mass is 35.5. The number of carbonyl (C=O) groups is 3. The van der Waals surface area contributed by atoms with Gasteiger partial charge in [-0.05, 0) is 49.2 Å². The van der Waals surface area contributed by atoms with E-state index in [-0.39, 0.29) is 30.7 Å². The summed E-state index contributed by atoms with van der Waals surface area (Å²) in [5.41, 5.74) is 3.42. The molecule has 1 heterocycles. The fraction of sp³-hybridized carbons (Fsp3) is 0.250. The van der Waals surface area contributed by atoms with Gasteiger partial charge in [-0.15, -0.1) is 11.8 Å². The van der Waals surface area contributed by atoms with Gasteiger partial charge in [0, 0.05) is 22.0 Å². The van der Waals surface area contributed by atoms with Crippen LogP contribution in [0, 0.1) is 13.8 Å². The van der Waals surface area contributed by atoms with Gasteiger partial charge in [0.25, 0.3) is 0 Å². The number of nitrogens with one attached hydrogen (secondary N) is 3. The zero-order chi connectivity index (χ0) is 20.3. The van der Waals surface area contributed by atoms with E-state index < -0.39 is 5.25 Å². The van der Waals surface area contributed by atoms with E-state index >= 15 is 0 Å². The SMILES string of the molecule is Cc1cccc(NC(=O)CNC(=O)CC2Sc3ccc(Cl)cc3NC2=O)c1C. The van der Waals surface area contributed by atoms with E-state index in [1.807, 2.05) is 38.1 Å². The van der Waals surface area contributed by atoms with Crippen molar-refractivity contribution < 1.29 is 14.4 Å². The molecular formula is C20H20ClN3O3S. The first-order chi connectivity index (χ1) is 13.3. The summed E-state index contributed by atoms with van der Waals surface area (Å²) < 4.78 is 0. The molecule has 1 aliphatic heterocycles. The molecule has 0 bridgehead atoms. The lowest BCUT2D eigenvalue weighted by molar-refractivity contribution is -0.125. The van der Waals surface area contributed by atoms with E-state index in [4.69, 9.17) is 11.6 Å². The minimum Gasteiger partial charge on any atom is -0.347 e. The molecule has 3 amide bonds. The fourth-order valence-corrected chi connectivity index (χ4v) is 4.02. The molecule has 2 aromatic rings. The van der Waals surface area contributed by atoms with Crippen LogP contribution in [0.2, 0.25) is 5.02 Å². The fourth-order valence-electron chi connectivity index (χ4n) is 2.76. The maximum Gasteiger partial charge on any atom is 0.243 e. The maximum atomic E-state index is 12.2. The smallest absolute Gasteiger partial charge is 0.243 e. The molecule has 0 fully saturated rings. The standard InChI is InChI=1S/C20H20ClN3O3S/c1-11-4-3-5-14(12(11)2)23-19(26)10-22-18(25)9-17-20(27)24-15-8-13(21)6-7-16(15)28-17/h3-8,17H,9-10H2,1-2H3,(H,22,25)(H,23,26)(H,24,27). The van der Waals surface area contributed by atoms with Crippen LogP contribution in [0.1, 0.15) is 17.5 Å². The van der Waals surface area contributed by atoms with Crippen LogP contribution < -0.4 is 16.0 Å². The van der Waals surface area contributed by atoms with Gasteiger partial charge < -0.3 is 16.0 Å². The number of benzene rings is 2. The molecule has 0 saturated carbocycles. The predicted octanol–water partition coefficient (Wildman–Crippen LogP) is 3.51. The normalized spacial score (nSPS) is 15.4. The lowest BCUT2D eigenvalue weighted by Gasteiger charge is -2.23. The van der Waals surface area contributed by atoms with Crippen molar-refractivity contribution in [2.45, 2.75) is 30.4 Å². The lowest BCUT2D eigenvalue weighted by Crippen LogP contribution is -2.38. The summed E-state index contributed by atoms with van der Waals surface area (Å²) in [6, 6.07) is 10.9. The minimum atomic E-state index is -0.559. The van der Waals surface area contributed by atoms with E-state index in [1.165, 1.54) is 11.8 Å². The van der Waals surface area contributed by atoms with Gasteiger partial charge in [0.15, 0.2) is 0 Å². The van der Waals surface area contributed by atoms with Crippen LogP contribution in [0.25, 0.3) is 0 Å². The molecule has 1 aliphatic rings. The summed E-state index contributed by atoms with van der Waals surface area (Å²) in [4.78, 5) is 37.4. The summed E-state index contributed by atoms with van der Waals surface area (Å²) in [6.07, 6.45) is -0.0185. The largest absolute Gasteiger partial charge is 0.347 e. The molecule has 2 aromatic carbocycles. The summed E-state index contributed by atoms with van der Waals surface area (Å²) >= 11 is 7.24. The van der Waals surface area contributed by atoms with Crippen molar-refractivity contribution in [3.05, 3.63) is 52.5 Å². The second kappa shape index (κ2) is 8.67. The molecule has 0 spiro atoms. The maximum absolute atomic E-state index is 12.2. The third-order valence-corrected chi connectivity index (χ3v) is 5.97. The number of hydrogen-bond donors (Lipinski definition) is 3. The summed E-state index contributed by atoms with van der Waals surface area (Å²) in [6.45, 7) is 3.73. The molecule has 6 nitrogen and oxygen atoms in total. The Morgan fingerprint density at radius 3 is 2.75 bits per heavy atom. The van der Waals surface area contributed by atoms with Crippen LogP contribution in [0.3, 0.4) is 0 Å². The number of halogens is 1. The van der Waals surface area contributed by atoms with Crippen LogP contribution in [0.5, 0.6) is 0 Å². The molecule has 0 aliphatic carbocycles. The van der Waals surface area contributed by atoms with E-state index in [2.05, 4.69) is 16.0 Å². The average Bonchev–Trinajstić information content (AvgIpc) is 2.64. The number of amides is 3. The van der Waals surface area contributed by atoms with Crippen molar-refractivity contribution in [2.24, 2.45) is 0 Å². The molecule has 28 heavy (non-hydrogen) atoms. The van der Waals surface area contributed by atoms with Gasteiger partial charge in [0.1, 0.15) is 0 Å². The number of rotatable bonds is 5. The molecule has 3 N–H and O–H groups in total. The molecule has 8 heteroatoms. The molecular weight excluding hydrogens is 398 g/mol. The highest BCUT2D eigenvalue weighted by molar-refractivity contribution is 8.01. The molecule has 0 saturated heterocycles. The second-order valence-corrected chi connectivity index (χ2v) is 8.19. The van der Waals surface area contributed by atoms with E-state index in [9.17, 15) is 14.4 Å². The topological polar surface area (TPSA) is 87.3 Å². The molecule has 3 rings (SSSR count). The molecule has 1 atom stereocenters. The first-order valence-corrected chi connectivity index (χ1v) is 9.99. The number of thioether (sulfide) groups is 1. The van der Waals surface area contributed by atoms with Crippen molar-refractivity contribution in [1.82, 2.24) is 5.32 Å². The van der Waals surface area contributed by atoms with Gasteiger partial charge in [-0.3, -0.25) is 14.4 Å². The van der Waals surface area contributed by atoms with Crippen molar-refractivity contribution >= 4 is 52.5 Å². The molecule has 1 unspecified atom stereocenters. The van der Waals surface area contributed by atoms with Crippen molar-refractivity contribution in [3.63, 3.8) is 0 Å². The Labute approximate surface area is 172 Å². The molecule has 0 aromatic heterocycles. The van der Waals surface area contributed by atoms with Crippen LogP contribution in [0.4, 0.5) is 11.4 Å².